The molecule has 3 rings (SSSR count). The predicted octanol–water partition coefficient (Wildman–Crippen LogP) is 4.77. The molecule has 5 nitrogen and oxygen atoms in total. The zero-order valence-electron chi connectivity index (χ0n) is 17.2. The first kappa shape index (κ1) is 22.5. The van der Waals surface area contributed by atoms with E-state index in [4.69, 9.17) is 4.52 Å². The maximum atomic E-state index is 5.30. The first-order valence-corrected chi connectivity index (χ1v) is 9.71. The third kappa shape index (κ3) is 5.59. The van der Waals surface area contributed by atoms with Crippen molar-refractivity contribution >= 4 is 36.0 Å². The van der Waals surface area contributed by atoms with Crippen LogP contribution in [0.2, 0.25) is 0 Å². The molecule has 0 amide bonds. The summed E-state index contributed by atoms with van der Waals surface area (Å²) < 4.78 is 5.30. The van der Waals surface area contributed by atoms with E-state index in [1.807, 2.05) is 20.9 Å². The lowest BCUT2D eigenvalue weighted by Gasteiger charge is -2.32. The quantitative estimate of drug-likeness (QED) is 0.378. The van der Waals surface area contributed by atoms with Crippen molar-refractivity contribution in [2.75, 3.05) is 26.7 Å². The van der Waals surface area contributed by atoms with Crippen LogP contribution in [0, 0.1) is 13.8 Å². The fraction of sp³-hybridized carbons (Fsp3) is 0.455. The van der Waals surface area contributed by atoms with Crippen LogP contribution < -0.4 is 5.32 Å². The van der Waals surface area contributed by atoms with Gasteiger partial charge in [-0.3, -0.25) is 4.99 Å². The van der Waals surface area contributed by atoms with Gasteiger partial charge in [-0.05, 0) is 32.3 Å². The maximum Gasteiger partial charge on any atom is 0.193 e. The fourth-order valence-electron chi connectivity index (χ4n) is 3.81. The van der Waals surface area contributed by atoms with Crippen LogP contribution in [0.1, 0.15) is 48.3 Å². The number of aromatic nitrogens is 1. The Balaban J connectivity index is 0.00000280. The number of aliphatic imine (C=N–C) groups is 1. The van der Waals surface area contributed by atoms with Crippen molar-refractivity contribution in [1.82, 2.24) is 15.4 Å². The Bertz CT molecular complexity index is 784. The van der Waals surface area contributed by atoms with Gasteiger partial charge >= 0.3 is 0 Å². The molecular weight excluding hydrogens is 463 g/mol. The first-order chi connectivity index (χ1) is 13.1. The van der Waals surface area contributed by atoms with Crippen molar-refractivity contribution in [2.45, 2.75) is 39.5 Å². The molecule has 0 spiro atoms. The Morgan fingerprint density at radius 3 is 2.50 bits per heavy atom. The molecule has 152 valence electrons. The van der Waals surface area contributed by atoms with Crippen molar-refractivity contribution in [3.05, 3.63) is 58.5 Å². The van der Waals surface area contributed by atoms with Gasteiger partial charge in [0.05, 0.1) is 5.69 Å². The number of rotatable bonds is 4. The standard InChI is InChI=1S/C22H30N4O.HI/c1-16(21-17(2)25-27-18(21)3)15-24-22(23-4)26-12-10-20(11-13-26)14-19-8-6-5-7-9-19;/h5-9,14,16H,10-13,15H2,1-4H3,(H,23,24);1H. The smallest absolute Gasteiger partial charge is 0.193 e. The highest BCUT2D eigenvalue weighted by Crippen LogP contribution is 2.23. The molecule has 1 fully saturated rings. The largest absolute Gasteiger partial charge is 0.361 e. The van der Waals surface area contributed by atoms with Crippen LogP contribution >= 0.6 is 24.0 Å². The van der Waals surface area contributed by atoms with Gasteiger partial charge in [0.15, 0.2) is 5.96 Å². The predicted molar refractivity (Wildman–Crippen MR) is 126 cm³/mol. The number of nitrogens with one attached hydrogen (secondary N) is 1. The van der Waals surface area contributed by atoms with Crippen molar-refractivity contribution in [3.63, 3.8) is 0 Å². The van der Waals surface area contributed by atoms with Gasteiger partial charge in [-0.25, -0.2) is 0 Å². The van der Waals surface area contributed by atoms with Crippen LogP contribution in [0.15, 0.2) is 45.4 Å². The van der Waals surface area contributed by atoms with Gasteiger partial charge in [0.2, 0.25) is 0 Å². The molecule has 2 heterocycles. The molecular formula is C22H31IN4O. The van der Waals surface area contributed by atoms with Crippen LogP contribution in [0.3, 0.4) is 0 Å². The summed E-state index contributed by atoms with van der Waals surface area (Å²) in [5.41, 5.74) is 4.98. The second-order valence-corrected chi connectivity index (χ2v) is 7.27. The van der Waals surface area contributed by atoms with E-state index in [0.717, 1.165) is 49.9 Å². The molecule has 1 aromatic heterocycles. The van der Waals surface area contributed by atoms with Gasteiger partial charge in [-0.15, -0.1) is 24.0 Å². The molecule has 0 bridgehead atoms. The first-order valence-electron chi connectivity index (χ1n) is 9.71. The highest BCUT2D eigenvalue weighted by molar-refractivity contribution is 14.0. The summed E-state index contributed by atoms with van der Waals surface area (Å²) in [6, 6.07) is 10.6. The maximum absolute atomic E-state index is 5.30. The van der Waals surface area contributed by atoms with Crippen LogP contribution in [0.5, 0.6) is 0 Å². The minimum absolute atomic E-state index is 0. The van der Waals surface area contributed by atoms with Crippen LogP contribution in [0.25, 0.3) is 6.08 Å². The summed E-state index contributed by atoms with van der Waals surface area (Å²) in [5, 5.41) is 7.60. The molecule has 1 unspecified atom stereocenters. The molecule has 1 aromatic carbocycles. The molecule has 1 aliphatic heterocycles. The number of nitrogens with zero attached hydrogens (tertiary/aromatic N) is 3. The van der Waals surface area contributed by atoms with E-state index in [1.54, 1.807) is 0 Å². The monoisotopic (exact) mass is 494 g/mol. The van der Waals surface area contributed by atoms with Gasteiger partial charge in [0, 0.05) is 38.2 Å². The highest BCUT2D eigenvalue weighted by Gasteiger charge is 2.20. The van der Waals surface area contributed by atoms with Crippen molar-refractivity contribution in [3.8, 4) is 0 Å². The third-order valence-corrected chi connectivity index (χ3v) is 5.24. The molecule has 1 aliphatic rings. The minimum atomic E-state index is 0. The lowest BCUT2D eigenvalue weighted by atomic mass is 9.99. The summed E-state index contributed by atoms with van der Waals surface area (Å²) in [4.78, 5) is 6.84. The van der Waals surface area contributed by atoms with Crippen LogP contribution in [0.4, 0.5) is 0 Å². The van der Waals surface area contributed by atoms with E-state index >= 15 is 0 Å². The number of likely N-dealkylation sites (tertiary alicyclic amines) is 1. The zero-order valence-corrected chi connectivity index (χ0v) is 19.6. The van der Waals surface area contributed by atoms with Gasteiger partial charge in [-0.2, -0.15) is 0 Å². The van der Waals surface area contributed by atoms with Crippen molar-refractivity contribution < 1.29 is 4.52 Å². The second kappa shape index (κ2) is 10.6. The number of piperidine rings is 1. The summed E-state index contributed by atoms with van der Waals surface area (Å²) >= 11 is 0. The minimum Gasteiger partial charge on any atom is -0.361 e. The number of guanidine groups is 1. The Morgan fingerprint density at radius 2 is 1.93 bits per heavy atom. The number of hydrogen-bond acceptors (Lipinski definition) is 3. The third-order valence-electron chi connectivity index (χ3n) is 5.24. The van der Waals surface area contributed by atoms with E-state index in [0.29, 0.717) is 5.92 Å². The molecule has 1 N–H and O–H groups in total. The van der Waals surface area contributed by atoms with E-state index in [1.165, 1.54) is 16.7 Å². The summed E-state index contributed by atoms with van der Waals surface area (Å²) in [7, 11) is 1.86. The molecule has 2 aromatic rings. The van der Waals surface area contributed by atoms with Crippen LogP contribution in [-0.2, 0) is 0 Å². The van der Waals surface area contributed by atoms with Gasteiger partial charge in [-0.1, -0.05) is 54.1 Å². The number of aryl methyl sites for hydroxylation is 2. The van der Waals surface area contributed by atoms with E-state index in [2.05, 4.69) is 63.7 Å². The molecule has 28 heavy (non-hydrogen) atoms. The van der Waals surface area contributed by atoms with E-state index < -0.39 is 0 Å². The summed E-state index contributed by atoms with van der Waals surface area (Å²) in [5.74, 6) is 2.21. The molecule has 0 aliphatic carbocycles. The Labute approximate surface area is 185 Å². The fourth-order valence-corrected chi connectivity index (χ4v) is 3.81. The number of benzene rings is 1. The lowest BCUT2D eigenvalue weighted by Crippen LogP contribution is -2.45. The highest BCUT2D eigenvalue weighted by atomic mass is 127. The topological polar surface area (TPSA) is 53.7 Å². The van der Waals surface area contributed by atoms with Gasteiger partial charge < -0.3 is 14.7 Å². The normalized spacial score (nSPS) is 15.8. The molecule has 6 heteroatoms. The molecule has 0 saturated carbocycles. The SMILES string of the molecule is CN=C(NCC(C)c1c(C)noc1C)N1CCC(=Cc2ccccc2)CC1.I. The second-order valence-electron chi connectivity index (χ2n) is 7.27. The number of halogens is 1. The van der Waals surface area contributed by atoms with E-state index in [-0.39, 0.29) is 24.0 Å². The van der Waals surface area contributed by atoms with Crippen LogP contribution in [-0.4, -0.2) is 42.7 Å². The van der Waals surface area contributed by atoms with E-state index in [9.17, 15) is 0 Å². The Kier molecular flexibility index (Phi) is 8.54. The Morgan fingerprint density at radius 1 is 1.25 bits per heavy atom. The zero-order chi connectivity index (χ0) is 19.2. The molecule has 0 radical (unpaired) electrons. The van der Waals surface area contributed by atoms with Gasteiger partial charge in [0.25, 0.3) is 0 Å². The Hall–Kier alpha value is -1.83. The average Bonchev–Trinajstić information content (AvgIpc) is 3.02. The van der Waals surface area contributed by atoms with Crippen molar-refractivity contribution in [2.24, 2.45) is 4.99 Å². The lowest BCUT2D eigenvalue weighted by molar-refractivity contribution is 0.374. The average molecular weight is 494 g/mol. The van der Waals surface area contributed by atoms with Crippen molar-refractivity contribution in [1.29, 1.82) is 0 Å². The number of hydrogen-bond donors (Lipinski definition) is 1. The van der Waals surface area contributed by atoms with Gasteiger partial charge in [0.1, 0.15) is 5.76 Å². The summed E-state index contributed by atoms with van der Waals surface area (Å²) in [6.07, 6.45) is 4.48. The summed E-state index contributed by atoms with van der Waals surface area (Å²) in [6.45, 7) is 8.99. The molecule has 1 atom stereocenters. The molecule has 1 saturated heterocycles.